The first kappa shape index (κ1) is 47.3. The number of fused-ring (bicyclic) bond motifs is 1. The van der Waals surface area contributed by atoms with Gasteiger partial charge in [0.15, 0.2) is 17.2 Å². The van der Waals surface area contributed by atoms with Gasteiger partial charge in [-0.2, -0.15) is 0 Å². The van der Waals surface area contributed by atoms with Crippen LogP contribution in [0, 0.1) is 28.6 Å². The predicted octanol–water partition coefficient (Wildman–Crippen LogP) is 6.72. The number of cyclic esters (lactones) is 1. The van der Waals surface area contributed by atoms with Crippen LogP contribution in [0.5, 0.6) is 0 Å². The maximum Gasteiger partial charge on any atom is 0.410 e. The number of Topliss-reactive ketones (excluding diaryl/α,β-unsaturated/α-hetero) is 2. The van der Waals surface area contributed by atoms with E-state index >= 15 is 4.79 Å². The fourth-order valence-corrected chi connectivity index (χ4v) is 10.8. The molecule has 334 valence electrons. The van der Waals surface area contributed by atoms with E-state index in [1.54, 1.807) is 72.1 Å². The second-order valence-corrected chi connectivity index (χ2v) is 19.8. The van der Waals surface area contributed by atoms with Gasteiger partial charge in [-0.05, 0) is 93.0 Å². The van der Waals surface area contributed by atoms with Gasteiger partial charge in [0, 0.05) is 60.5 Å². The number of esters is 1. The molecule has 11 atom stereocenters. The number of carbonyl (C=O) groups excluding carboxylic acids is 4. The van der Waals surface area contributed by atoms with E-state index in [1.807, 2.05) is 64.7 Å². The van der Waals surface area contributed by atoms with Crippen molar-refractivity contribution in [1.82, 2.24) is 24.3 Å². The summed E-state index contributed by atoms with van der Waals surface area (Å²) in [5.41, 5.74) is -4.23. The Kier molecular flexibility index (Phi) is 13.9. The van der Waals surface area contributed by atoms with Crippen molar-refractivity contribution in [2.75, 3.05) is 20.6 Å². The Morgan fingerprint density at radius 3 is 2.23 bits per heavy atom. The van der Waals surface area contributed by atoms with Crippen LogP contribution >= 0.6 is 0 Å². The number of unbranched alkanes of at least 4 members (excludes halogenated alkanes) is 1. The van der Waals surface area contributed by atoms with Crippen molar-refractivity contribution in [2.45, 2.75) is 169 Å². The number of carbonyl (C=O) groups is 4. The summed E-state index contributed by atoms with van der Waals surface area (Å²) in [5, 5.41) is 12.7. The molecular formula is C46H71N5O9. The highest BCUT2D eigenvalue weighted by molar-refractivity contribution is 6.02. The van der Waals surface area contributed by atoms with Gasteiger partial charge < -0.3 is 38.4 Å². The van der Waals surface area contributed by atoms with Crippen LogP contribution in [-0.2, 0) is 39.9 Å². The smallest absolute Gasteiger partial charge is 0.410 e. The van der Waals surface area contributed by atoms with Gasteiger partial charge in [0.1, 0.15) is 23.9 Å². The minimum atomic E-state index is -1.78. The van der Waals surface area contributed by atoms with Crippen LogP contribution in [0.25, 0.3) is 11.3 Å². The van der Waals surface area contributed by atoms with Gasteiger partial charge in [0.25, 0.3) is 0 Å². The van der Waals surface area contributed by atoms with Crippen LogP contribution in [0.4, 0.5) is 4.79 Å². The predicted molar refractivity (Wildman–Crippen MR) is 226 cm³/mol. The molecule has 5 unspecified atom stereocenters. The number of pyridine rings is 1. The maximum absolute atomic E-state index is 15.0. The molecule has 0 radical (unpaired) electrons. The van der Waals surface area contributed by atoms with Crippen LogP contribution < -0.4 is 0 Å². The highest BCUT2D eigenvalue weighted by atomic mass is 16.7. The number of aryl methyl sites for hydroxylation is 1. The molecule has 0 aromatic carbocycles. The van der Waals surface area contributed by atoms with Crippen molar-refractivity contribution in [3.63, 3.8) is 0 Å². The third-order valence-corrected chi connectivity index (χ3v) is 13.8. The number of aliphatic hydroxyl groups is 1. The molecule has 5 heterocycles. The summed E-state index contributed by atoms with van der Waals surface area (Å²) in [7, 11) is 4.01. The van der Waals surface area contributed by atoms with Gasteiger partial charge in [0.2, 0.25) is 0 Å². The molecule has 2 aromatic heterocycles. The lowest BCUT2D eigenvalue weighted by Crippen LogP contribution is -2.64. The molecule has 1 amide bonds. The third kappa shape index (κ3) is 9.08. The molecule has 0 bridgehead atoms. The van der Waals surface area contributed by atoms with E-state index in [1.165, 1.54) is 6.92 Å². The lowest BCUT2D eigenvalue weighted by molar-refractivity contribution is -0.345. The number of hydrogen-bond donors (Lipinski definition) is 1. The number of nitrogens with zero attached hydrogens (tertiary/aromatic N) is 5. The Labute approximate surface area is 357 Å². The first-order valence-electron chi connectivity index (χ1n) is 21.8. The normalized spacial score (nSPS) is 36.4. The molecular weight excluding hydrogens is 767 g/mol. The van der Waals surface area contributed by atoms with E-state index in [2.05, 4.69) is 14.9 Å². The standard InChI is InChI=1S/C46H71N5O9/c1-15-35-45(11)39(51(41(55)60-45)22-17-16-21-50-26-33(48-27-50)32-19-18-20-47-25-32)42(6,7)36(52)28(2)24-44(10,56)40(43(8,9)37(53)30(4)38(54)57-35)59-46(12)31(5)34(49(13)14)23-29(3)58-46/h18-20,25-31,34-35,39-40,56H,15-17,21-24H2,1-14H3/t28-,29?,30?,31-,34?,35?,39-,40-,44-,45-,46?/m1/s1. The number of hydrogen-bond acceptors (Lipinski definition) is 12. The second-order valence-electron chi connectivity index (χ2n) is 19.8. The zero-order chi connectivity index (χ0) is 44.7. The molecule has 3 saturated heterocycles. The fourth-order valence-electron chi connectivity index (χ4n) is 10.8. The van der Waals surface area contributed by atoms with Crippen molar-refractivity contribution in [3.05, 3.63) is 37.1 Å². The van der Waals surface area contributed by atoms with Gasteiger partial charge >= 0.3 is 12.1 Å². The topological polar surface area (TPSA) is 163 Å². The van der Waals surface area contributed by atoms with Crippen molar-refractivity contribution >= 4 is 23.6 Å². The molecule has 3 aliphatic heterocycles. The first-order valence-corrected chi connectivity index (χ1v) is 21.8. The number of ether oxygens (including phenoxy) is 4. The van der Waals surface area contributed by atoms with Gasteiger partial charge in [-0.3, -0.25) is 19.4 Å². The molecule has 3 aliphatic rings. The van der Waals surface area contributed by atoms with Gasteiger partial charge in [-0.25, -0.2) is 9.78 Å². The van der Waals surface area contributed by atoms with Crippen LogP contribution in [0.15, 0.2) is 37.1 Å². The van der Waals surface area contributed by atoms with Crippen molar-refractivity contribution in [2.24, 2.45) is 28.6 Å². The molecule has 14 heteroatoms. The Hall–Kier alpha value is -3.72. The molecule has 3 fully saturated rings. The van der Waals surface area contributed by atoms with Gasteiger partial charge in [-0.1, -0.05) is 48.5 Å². The molecule has 14 nitrogen and oxygen atoms in total. The van der Waals surface area contributed by atoms with Crippen molar-refractivity contribution in [1.29, 1.82) is 0 Å². The van der Waals surface area contributed by atoms with Crippen molar-refractivity contribution in [3.8, 4) is 11.3 Å². The third-order valence-electron chi connectivity index (χ3n) is 13.8. The van der Waals surface area contributed by atoms with E-state index in [-0.39, 0.29) is 43.2 Å². The summed E-state index contributed by atoms with van der Waals surface area (Å²) >= 11 is 0. The molecule has 5 rings (SSSR count). The van der Waals surface area contributed by atoms with Gasteiger partial charge in [-0.15, -0.1) is 0 Å². The zero-order valence-corrected chi connectivity index (χ0v) is 38.5. The lowest BCUT2D eigenvalue weighted by atomic mass is 9.64. The summed E-state index contributed by atoms with van der Waals surface area (Å²) in [4.78, 5) is 70.4. The van der Waals surface area contributed by atoms with E-state index < -0.39 is 75.8 Å². The average Bonchev–Trinajstić information content (AvgIpc) is 3.76. The number of imidazole rings is 1. The highest BCUT2D eigenvalue weighted by Crippen LogP contribution is 2.49. The number of ketones is 2. The highest BCUT2D eigenvalue weighted by Gasteiger charge is 2.64. The second kappa shape index (κ2) is 17.6. The maximum atomic E-state index is 15.0. The molecule has 0 aliphatic carbocycles. The summed E-state index contributed by atoms with van der Waals surface area (Å²) in [6.45, 7) is 22.1. The molecule has 0 saturated carbocycles. The van der Waals surface area contributed by atoms with E-state index in [4.69, 9.17) is 18.9 Å². The van der Waals surface area contributed by atoms with Crippen LogP contribution in [-0.4, -0.2) is 121 Å². The molecule has 60 heavy (non-hydrogen) atoms. The van der Waals surface area contributed by atoms with Crippen LogP contribution in [0.2, 0.25) is 0 Å². The monoisotopic (exact) mass is 838 g/mol. The summed E-state index contributed by atoms with van der Waals surface area (Å²) in [6, 6.07) is 3.03. The molecule has 1 N–H and O–H groups in total. The number of aromatic nitrogens is 3. The Morgan fingerprint density at radius 2 is 1.62 bits per heavy atom. The Morgan fingerprint density at radius 1 is 0.950 bits per heavy atom. The Bertz CT molecular complexity index is 1860. The SMILES string of the molecule is CCC1OC(=O)C(C)C(=O)C(C)(C)[C@@H](OC2(C)OC(C)CC(N(C)C)[C@H]2C)[C@](C)(O)C[C@@H](C)C(=O)C(C)(C)[C@H]2N(CCCCn3cnc(-c4cccnc4)c3)C(=O)O[C@]12C. The molecule has 0 spiro atoms. The Balaban J connectivity index is 1.49. The first-order chi connectivity index (χ1) is 27.8. The summed E-state index contributed by atoms with van der Waals surface area (Å²) in [5.74, 6) is -4.96. The average molecular weight is 838 g/mol. The van der Waals surface area contributed by atoms with Crippen LogP contribution in [0.1, 0.15) is 115 Å². The zero-order valence-electron chi connectivity index (χ0n) is 38.5. The summed E-state index contributed by atoms with van der Waals surface area (Å²) < 4.78 is 27.9. The van der Waals surface area contributed by atoms with E-state index in [0.29, 0.717) is 19.4 Å². The van der Waals surface area contributed by atoms with Crippen molar-refractivity contribution < 1.29 is 43.2 Å². The minimum absolute atomic E-state index is 0.0754. The fraction of sp³-hybridized carbons (Fsp3) is 0.739. The molecule has 2 aromatic rings. The largest absolute Gasteiger partial charge is 0.458 e. The van der Waals surface area contributed by atoms with Crippen LogP contribution in [0.3, 0.4) is 0 Å². The minimum Gasteiger partial charge on any atom is -0.458 e. The van der Waals surface area contributed by atoms with Gasteiger partial charge in [0.05, 0.1) is 35.2 Å². The van der Waals surface area contributed by atoms with E-state index in [9.17, 15) is 19.5 Å². The number of rotatable bonds is 10. The quantitative estimate of drug-likeness (QED) is 0.153. The summed E-state index contributed by atoms with van der Waals surface area (Å²) in [6.07, 6.45) is 6.43. The lowest BCUT2D eigenvalue weighted by Gasteiger charge is -2.54. The number of amides is 1. The van der Waals surface area contributed by atoms with E-state index in [0.717, 1.165) is 17.7 Å².